The van der Waals surface area contributed by atoms with Gasteiger partial charge in [-0.05, 0) is 50.5 Å². The zero-order chi connectivity index (χ0) is 22.4. The first kappa shape index (κ1) is 22.7. The van der Waals surface area contributed by atoms with Gasteiger partial charge in [-0.25, -0.2) is 4.79 Å². The fourth-order valence-electron chi connectivity index (χ4n) is 3.60. The molecule has 0 fully saturated rings. The van der Waals surface area contributed by atoms with E-state index in [9.17, 15) is 9.59 Å². The molecule has 0 unspecified atom stereocenters. The summed E-state index contributed by atoms with van der Waals surface area (Å²) in [6.45, 7) is 10.2. The molecule has 1 aliphatic heterocycles. The van der Waals surface area contributed by atoms with Gasteiger partial charge in [0.15, 0.2) is 0 Å². The normalized spacial score (nSPS) is 13.6. The minimum absolute atomic E-state index is 0.0494. The van der Waals surface area contributed by atoms with Gasteiger partial charge in [-0.2, -0.15) is 0 Å². The van der Waals surface area contributed by atoms with E-state index in [-0.39, 0.29) is 17.5 Å². The Kier molecular flexibility index (Phi) is 7.21. The van der Waals surface area contributed by atoms with Gasteiger partial charge >= 0.3 is 6.03 Å². The van der Waals surface area contributed by atoms with Gasteiger partial charge in [0, 0.05) is 31.1 Å². The SMILES string of the molecule is CC(=O)N(CCc1ccccc1)Cc1ccc2c(c1)CN(C(=O)NC(C)(C)C)CCO2. The molecule has 6 nitrogen and oxygen atoms in total. The van der Waals surface area contributed by atoms with Gasteiger partial charge in [-0.1, -0.05) is 36.4 Å². The fraction of sp³-hybridized carbons (Fsp3) is 0.440. The lowest BCUT2D eigenvalue weighted by Crippen LogP contribution is -2.48. The summed E-state index contributed by atoms with van der Waals surface area (Å²) in [6, 6.07) is 16.1. The average Bonchev–Trinajstić information content (AvgIpc) is 2.92. The van der Waals surface area contributed by atoms with Crippen molar-refractivity contribution in [1.82, 2.24) is 15.1 Å². The summed E-state index contributed by atoms with van der Waals surface area (Å²) < 4.78 is 5.87. The van der Waals surface area contributed by atoms with Crippen LogP contribution < -0.4 is 10.1 Å². The maximum Gasteiger partial charge on any atom is 0.318 e. The number of benzene rings is 2. The highest BCUT2D eigenvalue weighted by Gasteiger charge is 2.23. The molecule has 0 bridgehead atoms. The monoisotopic (exact) mass is 423 g/mol. The summed E-state index contributed by atoms with van der Waals surface area (Å²) in [7, 11) is 0. The van der Waals surface area contributed by atoms with E-state index in [2.05, 4.69) is 23.5 Å². The molecule has 2 aromatic rings. The number of amides is 3. The van der Waals surface area contributed by atoms with Crippen LogP contribution in [0.25, 0.3) is 0 Å². The molecule has 2 aromatic carbocycles. The maximum absolute atomic E-state index is 12.7. The topological polar surface area (TPSA) is 61.9 Å². The third-order valence-electron chi connectivity index (χ3n) is 5.21. The van der Waals surface area contributed by atoms with E-state index >= 15 is 0 Å². The van der Waals surface area contributed by atoms with E-state index in [4.69, 9.17) is 4.74 Å². The molecule has 1 heterocycles. The standard InChI is InChI=1S/C25H33N3O3/c1-19(29)27(13-12-20-8-6-5-7-9-20)17-21-10-11-23-22(16-21)18-28(14-15-31-23)24(30)26-25(2,3)4/h5-11,16H,12-15,17-18H2,1-4H3,(H,26,30). The van der Waals surface area contributed by atoms with Gasteiger partial charge in [0.1, 0.15) is 12.4 Å². The predicted molar refractivity (Wildman–Crippen MR) is 122 cm³/mol. The smallest absolute Gasteiger partial charge is 0.318 e. The molecule has 0 radical (unpaired) electrons. The molecular weight excluding hydrogens is 390 g/mol. The lowest BCUT2D eigenvalue weighted by molar-refractivity contribution is -0.129. The Morgan fingerprint density at radius 3 is 2.52 bits per heavy atom. The Labute approximate surface area is 185 Å². The summed E-state index contributed by atoms with van der Waals surface area (Å²) in [5, 5.41) is 3.02. The van der Waals surface area contributed by atoms with Crippen molar-refractivity contribution >= 4 is 11.9 Å². The van der Waals surface area contributed by atoms with Crippen molar-refractivity contribution in [2.45, 2.75) is 52.7 Å². The number of nitrogens with one attached hydrogen (secondary N) is 1. The van der Waals surface area contributed by atoms with Crippen molar-refractivity contribution in [3.05, 3.63) is 65.2 Å². The predicted octanol–water partition coefficient (Wildman–Crippen LogP) is 3.98. The highest BCUT2D eigenvalue weighted by Crippen LogP contribution is 2.25. The van der Waals surface area contributed by atoms with Crippen LogP contribution in [0.1, 0.15) is 44.4 Å². The molecular formula is C25H33N3O3. The molecule has 1 aliphatic rings. The molecule has 3 amide bonds. The Bertz CT molecular complexity index is 906. The molecule has 1 N–H and O–H groups in total. The number of carbonyl (C=O) groups excluding carboxylic acids is 2. The number of rotatable bonds is 5. The first-order chi connectivity index (χ1) is 14.7. The van der Waals surface area contributed by atoms with Crippen LogP contribution in [0.2, 0.25) is 0 Å². The second-order valence-corrected chi connectivity index (χ2v) is 9.07. The maximum atomic E-state index is 12.7. The Hall–Kier alpha value is -3.02. The Morgan fingerprint density at radius 1 is 1.10 bits per heavy atom. The van der Waals surface area contributed by atoms with E-state index in [0.29, 0.717) is 32.8 Å². The van der Waals surface area contributed by atoms with Crippen molar-refractivity contribution in [3.63, 3.8) is 0 Å². The average molecular weight is 424 g/mol. The zero-order valence-corrected chi connectivity index (χ0v) is 19.0. The van der Waals surface area contributed by atoms with E-state index < -0.39 is 0 Å². The van der Waals surface area contributed by atoms with Crippen LogP contribution in [-0.4, -0.2) is 47.0 Å². The summed E-state index contributed by atoms with van der Waals surface area (Å²) >= 11 is 0. The zero-order valence-electron chi connectivity index (χ0n) is 19.0. The molecule has 0 spiro atoms. The minimum atomic E-state index is -0.296. The van der Waals surface area contributed by atoms with Crippen LogP contribution in [-0.2, 0) is 24.3 Å². The molecule has 0 saturated heterocycles. The van der Waals surface area contributed by atoms with Crippen LogP contribution in [0.15, 0.2) is 48.5 Å². The van der Waals surface area contributed by atoms with E-state index in [0.717, 1.165) is 23.3 Å². The summed E-state index contributed by atoms with van der Waals surface area (Å²) in [5.41, 5.74) is 2.91. The Balaban J connectivity index is 1.70. The molecule has 6 heteroatoms. The van der Waals surface area contributed by atoms with Gasteiger partial charge in [-0.3, -0.25) is 4.79 Å². The van der Waals surface area contributed by atoms with Crippen molar-refractivity contribution in [1.29, 1.82) is 0 Å². The van der Waals surface area contributed by atoms with Crippen LogP contribution in [0, 0.1) is 0 Å². The number of nitrogens with zero attached hydrogens (tertiary/aromatic N) is 2. The van der Waals surface area contributed by atoms with Gasteiger partial charge in [0.05, 0.1) is 13.1 Å². The number of urea groups is 1. The number of hydrogen-bond acceptors (Lipinski definition) is 3. The first-order valence-electron chi connectivity index (χ1n) is 10.8. The summed E-state index contributed by atoms with van der Waals surface area (Å²) in [5.74, 6) is 0.849. The van der Waals surface area contributed by atoms with Crippen molar-refractivity contribution < 1.29 is 14.3 Å². The first-order valence-corrected chi connectivity index (χ1v) is 10.8. The quantitative estimate of drug-likeness (QED) is 0.791. The lowest BCUT2D eigenvalue weighted by Gasteiger charge is -2.27. The second kappa shape index (κ2) is 9.86. The molecule has 0 atom stereocenters. The number of fused-ring (bicyclic) bond motifs is 1. The van der Waals surface area contributed by atoms with Crippen LogP contribution in [0.4, 0.5) is 4.79 Å². The highest BCUT2D eigenvalue weighted by atomic mass is 16.5. The molecule has 0 aliphatic carbocycles. The molecule has 0 saturated carbocycles. The lowest BCUT2D eigenvalue weighted by atomic mass is 10.1. The summed E-state index contributed by atoms with van der Waals surface area (Å²) in [4.78, 5) is 28.5. The fourth-order valence-corrected chi connectivity index (χ4v) is 3.60. The number of ether oxygens (including phenoxy) is 1. The largest absolute Gasteiger partial charge is 0.491 e. The van der Waals surface area contributed by atoms with Crippen molar-refractivity contribution in [2.24, 2.45) is 0 Å². The van der Waals surface area contributed by atoms with Crippen molar-refractivity contribution in [2.75, 3.05) is 19.7 Å². The van der Waals surface area contributed by atoms with E-state index in [1.54, 1.807) is 11.8 Å². The van der Waals surface area contributed by atoms with E-state index in [1.165, 1.54) is 5.56 Å². The molecule has 3 rings (SSSR count). The van der Waals surface area contributed by atoms with Crippen LogP contribution >= 0.6 is 0 Å². The van der Waals surface area contributed by atoms with Crippen LogP contribution in [0.3, 0.4) is 0 Å². The van der Waals surface area contributed by atoms with Crippen LogP contribution in [0.5, 0.6) is 5.75 Å². The number of hydrogen-bond donors (Lipinski definition) is 1. The molecule has 31 heavy (non-hydrogen) atoms. The molecule has 166 valence electrons. The third-order valence-corrected chi connectivity index (χ3v) is 5.21. The number of carbonyl (C=O) groups is 2. The van der Waals surface area contributed by atoms with Crippen molar-refractivity contribution in [3.8, 4) is 5.75 Å². The highest BCUT2D eigenvalue weighted by molar-refractivity contribution is 5.75. The third kappa shape index (κ3) is 6.74. The van der Waals surface area contributed by atoms with Gasteiger partial charge in [0.2, 0.25) is 5.91 Å². The molecule has 0 aromatic heterocycles. The van der Waals surface area contributed by atoms with Gasteiger partial charge in [-0.15, -0.1) is 0 Å². The van der Waals surface area contributed by atoms with Gasteiger partial charge < -0.3 is 19.9 Å². The minimum Gasteiger partial charge on any atom is -0.491 e. The van der Waals surface area contributed by atoms with E-state index in [1.807, 2.05) is 56.0 Å². The summed E-state index contributed by atoms with van der Waals surface area (Å²) in [6.07, 6.45) is 0.815. The Morgan fingerprint density at radius 2 is 1.84 bits per heavy atom. The van der Waals surface area contributed by atoms with Gasteiger partial charge in [0.25, 0.3) is 0 Å². The second-order valence-electron chi connectivity index (χ2n) is 9.07.